The average molecular weight is 198 g/mol. The fourth-order valence-corrected chi connectivity index (χ4v) is 2.42. The number of hydrogen-bond donors (Lipinski definition) is 1. The van der Waals surface area contributed by atoms with Crippen LogP contribution in [0.2, 0.25) is 0 Å². The summed E-state index contributed by atoms with van der Waals surface area (Å²) in [6.07, 6.45) is 4.47. The maximum atomic E-state index is 11.4. The van der Waals surface area contributed by atoms with Gasteiger partial charge < -0.3 is 15.4 Å². The van der Waals surface area contributed by atoms with Gasteiger partial charge in [0.05, 0.1) is 12.1 Å². The molecule has 4 nitrogen and oxygen atoms in total. The van der Waals surface area contributed by atoms with Gasteiger partial charge in [-0.15, -0.1) is 0 Å². The van der Waals surface area contributed by atoms with Crippen LogP contribution in [0.4, 0.5) is 0 Å². The standard InChI is InChI=1S/C10H18N2O2/c11-7-9(13)12-5-4-10(8-12)3-1-2-6-14-10/h1-8,11H2/t10-/m0/s1. The molecule has 0 radical (unpaired) electrons. The molecule has 1 amide bonds. The van der Waals surface area contributed by atoms with Crippen LogP contribution < -0.4 is 5.73 Å². The van der Waals surface area contributed by atoms with E-state index in [9.17, 15) is 4.79 Å². The first-order valence-corrected chi connectivity index (χ1v) is 5.38. The summed E-state index contributed by atoms with van der Waals surface area (Å²) in [5.41, 5.74) is 5.31. The van der Waals surface area contributed by atoms with Gasteiger partial charge in [0.15, 0.2) is 0 Å². The van der Waals surface area contributed by atoms with Crippen LogP contribution in [0.25, 0.3) is 0 Å². The molecule has 2 aliphatic rings. The highest BCUT2D eigenvalue weighted by molar-refractivity contribution is 5.78. The van der Waals surface area contributed by atoms with Crippen LogP contribution in [0, 0.1) is 0 Å². The number of rotatable bonds is 1. The molecule has 1 spiro atoms. The highest BCUT2D eigenvalue weighted by atomic mass is 16.5. The Kier molecular flexibility index (Phi) is 2.74. The number of nitrogens with zero attached hydrogens (tertiary/aromatic N) is 1. The van der Waals surface area contributed by atoms with Gasteiger partial charge in [-0.3, -0.25) is 4.79 Å². The lowest BCUT2D eigenvalue weighted by molar-refractivity contribution is -0.131. The molecule has 1 atom stereocenters. The molecule has 2 saturated heterocycles. The Hall–Kier alpha value is -0.610. The van der Waals surface area contributed by atoms with Crippen molar-refractivity contribution in [2.75, 3.05) is 26.2 Å². The molecule has 2 aliphatic heterocycles. The number of ether oxygens (including phenoxy) is 1. The van der Waals surface area contributed by atoms with Crippen LogP contribution in [0.1, 0.15) is 25.7 Å². The largest absolute Gasteiger partial charge is 0.373 e. The van der Waals surface area contributed by atoms with Crippen molar-refractivity contribution in [3.63, 3.8) is 0 Å². The Balaban J connectivity index is 1.95. The van der Waals surface area contributed by atoms with E-state index in [1.165, 1.54) is 6.42 Å². The third-order valence-corrected chi connectivity index (χ3v) is 3.28. The molecule has 4 heteroatoms. The van der Waals surface area contributed by atoms with Crippen molar-refractivity contribution in [2.45, 2.75) is 31.3 Å². The maximum Gasteiger partial charge on any atom is 0.236 e. The molecule has 0 aromatic heterocycles. The Morgan fingerprint density at radius 1 is 1.43 bits per heavy atom. The summed E-state index contributed by atoms with van der Waals surface area (Å²) in [6, 6.07) is 0. The Labute approximate surface area is 84.4 Å². The predicted octanol–water partition coefficient (Wildman–Crippen LogP) is 0.117. The van der Waals surface area contributed by atoms with Crippen LogP contribution in [-0.4, -0.2) is 42.6 Å². The summed E-state index contributed by atoms with van der Waals surface area (Å²) in [7, 11) is 0. The SMILES string of the molecule is NCC(=O)N1CC[C@@]2(CCCCO2)C1. The second-order valence-electron chi connectivity index (χ2n) is 4.26. The molecule has 0 aromatic rings. The van der Waals surface area contributed by atoms with Crippen molar-refractivity contribution < 1.29 is 9.53 Å². The Bertz CT molecular complexity index is 224. The van der Waals surface area contributed by atoms with Gasteiger partial charge in [0.25, 0.3) is 0 Å². The molecule has 2 fully saturated rings. The second-order valence-corrected chi connectivity index (χ2v) is 4.26. The van der Waals surface area contributed by atoms with Crippen LogP contribution >= 0.6 is 0 Å². The number of nitrogens with two attached hydrogens (primary N) is 1. The van der Waals surface area contributed by atoms with Gasteiger partial charge in [-0.1, -0.05) is 0 Å². The third kappa shape index (κ3) is 1.77. The summed E-state index contributed by atoms with van der Waals surface area (Å²) in [5, 5.41) is 0. The van der Waals surface area contributed by atoms with Gasteiger partial charge in [-0.25, -0.2) is 0 Å². The highest BCUT2D eigenvalue weighted by Gasteiger charge is 2.41. The predicted molar refractivity (Wildman–Crippen MR) is 52.8 cm³/mol. The molecular weight excluding hydrogens is 180 g/mol. The van der Waals surface area contributed by atoms with Crippen molar-refractivity contribution in [1.29, 1.82) is 0 Å². The monoisotopic (exact) mass is 198 g/mol. The number of amides is 1. The van der Waals surface area contributed by atoms with E-state index in [4.69, 9.17) is 10.5 Å². The molecule has 0 aliphatic carbocycles. The third-order valence-electron chi connectivity index (χ3n) is 3.28. The van der Waals surface area contributed by atoms with Crippen molar-refractivity contribution in [1.82, 2.24) is 4.90 Å². The van der Waals surface area contributed by atoms with E-state index in [2.05, 4.69) is 0 Å². The first-order valence-electron chi connectivity index (χ1n) is 5.38. The van der Waals surface area contributed by atoms with Gasteiger partial charge >= 0.3 is 0 Å². The van der Waals surface area contributed by atoms with Crippen molar-refractivity contribution in [3.05, 3.63) is 0 Å². The number of likely N-dealkylation sites (tertiary alicyclic amines) is 1. The molecule has 2 heterocycles. The van der Waals surface area contributed by atoms with Gasteiger partial charge in [0.2, 0.25) is 5.91 Å². The van der Waals surface area contributed by atoms with Crippen molar-refractivity contribution >= 4 is 5.91 Å². The minimum absolute atomic E-state index is 0.0247. The zero-order valence-electron chi connectivity index (χ0n) is 8.50. The molecule has 0 unspecified atom stereocenters. The van der Waals surface area contributed by atoms with Crippen LogP contribution in [0.15, 0.2) is 0 Å². The van der Waals surface area contributed by atoms with Gasteiger partial charge in [0, 0.05) is 19.7 Å². The molecule has 0 aromatic carbocycles. The summed E-state index contributed by atoms with van der Waals surface area (Å²) >= 11 is 0. The fraction of sp³-hybridized carbons (Fsp3) is 0.900. The first kappa shape index (κ1) is 9.93. The van der Waals surface area contributed by atoms with E-state index in [-0.39, 0.29) is 18.1 Å². The second kappa shape index (κ2) is 3.87. The van der Waals surface area contributed by atoms with E-state index < -0.39 is 0 Å². The molecule has 2 rings (SSSR count). The Morgan fingerprint density at radius 3 is 2.93 bits per heavy atom. The number of hydrogen-bond acceptors (Lipinski definition) is 3. The smallest absolute Gasteiger partial charge is 0.236 e. The maximum absolute atomic E-state index is 11.4. The molecule has 0 saturated carbocycles. The number of carbonyl (C=O) groups is 1. The quantitative estimate of drug-likeness (QED) is 0.651. The minimum atomic E-state index is -0.0247. The lowest BCUT2D eigenvalue weighted by atomic mass is 9.93. The van der Waals surface area contributed by atoms with Crippen molar-refractivity contribution in [2.24, 2.45) is 5.73 Å². The number of carbonyl (C=O) groups excluding carboxylic acids is 1. The fourth-order valence-electron chi connectivity index (χ4n) is 2.42. The van der Waals surface area contributed by atoms with Crippen molar-refractivity contribution in [3.8, 4) is 0 Å². The van der Waals surface area contributed by atoms with E-state index in [0.717, 1.165) is 39.0 Å². The average Bonchev–Trinajstić information content (AvgIpc) is 2.62. The van der Waals surface area contributed by atoms with Gasteiger partial charge in [-0.2, -0.15) is 0 Å². The first-order chi connectivity index (χ1) is 6.76. The lowest BCUT2D eigenvalue weighted by Gasteiger charge is -2.33. The molecule has 0 bridgehead atoms. The minimum Gasteiger partial charge on any atom is -0.373 e. The van der Waals surface area contributed by atoms with Crippen LogP contribution in [0.5, 0.6) is 0 Å². The summed E-state index contributed by atoms with van der Waals surface area (Å²) in [6.45, 7) is 2.54. The molecular formula is C10H18N2O2. The summed E-state index contributed by atoms with van der Waals surface area (Å²) < 4.78 is 5.82. The summed E-state index contributed by atoms with van der Waals surface area (Å²) in [5.74, 6) is 0.0519. The zero-order valence-corrected chi connectivity index (χ0v) is 8.50. The van der Waals surface area contributed by atoms with E-state index in [0.29, 0.717) is 0 Å². The molecule has 2 N–H and O–H groups in total. The highest BCUT2D eigenvalue weighted by Crippen LogP contribution is 2.33. The van der Waals surface area contributed by atoms with Crippen LogP contribution in [-0.2, 0) is 9.53 Å². The van der Waals surface area contributed by atoms with E-state index in [1.807, 2.05) is 4.90 Å². The summed E-state index contributed by atoms with van der Waals surface area (Å²) in [4.78, 5) is 13.2. The topological polar surface area (TPSA) is 55.6 Å². The normalized spacial score (nSPS) is 32.5. The molecule has 80 valence electrons. The molecule has 14 heavy (non-hydrogen) atoms. The van der Waals surface area contributed by atoms with Crippen LogP contribution in [0.3, 0.4) is 0 Å². The lowest BCUT2D eigenvalue weighted by Crippen LogP contribution is -2.42. The zero-order chi connectivity index (χ0) is 10.0. The Morgan fingerprint density at radius 2 is 2.29 bits per heavy atom. The van der Waals surface area contributed by atoms with Gasteiger partial charge in [0.1, 0.15) is 0 Å². The van der Waals surface area contributed by atoms with E-state index >= 15 is 0 Å². The van der Waals surface area contributed by atoms with E-state index in [1.54, 1.807) is 0 Å². The van der Waals surface area contributed by atoms with Gasteiger partial charge in [-0.05, 0) is 25.7 Å².